The van der Waals surface area contributed by atoms with Crippen LogP contribution in [0.25, 0.3) is 0 Å². The average molecular weight is 131 g/mol. The van der Waals surface area contributed by atoms with Gasteiger partial charge in [-0.2, -0.15) is 0 Å². The average Bonchev–Trinajstić information content (AvgIpc) is 1.84. The van der Waals surface area contributed by atoms with E-state index in [-0.39, 0.29) is 5.78 Å². The van der Waals surface area contributed by atoms with Crippen LogP contribution in [0.2, 0.25) is 0 Å². The summed E-state index contributed by atoms with van der Waals surface area (Å²) < 4.78 is 0. The minimum Gasteiger partial charge on any atom is -0.391 e. The molecule has 3 heteroatoms. The zero-order chi connectivity index (χ0) is 7.44. The molecule has 0 aliphatic carbocycles. The van der Waals surface area contributed by atoms with Crippen molar-refractivity contribution in [2.75, 3.05) is 0 Å². The van der Waals surface area contributed by atoms with Crippen molar-refractivity contribution in [3.05, 3.63) is 0 Å². The maximum absolute atomic E-state index is 10.7. The van der Waals surface area contributed by atoms with E-state index in [1.165, 1.54) is 6.92 Å². The third-order valence-corrected chi connectivity index (χ3v) is 1.24. The first-order valence-electron chi connectivity index (χ1n) is 3.06. The second-order valence-electron chi connectivity index (χ2n) is 2.09. The summed E-state index contributed by atoms with van der Waals surface area (Å²) in [6, 6.07) is -0.699. The van der Waals surface area contributed by atoms with E-state index in [1.807, 2.05) is 0 Å². The molecule has 0 aromatic carbocycles. The van der Waals surface area contributed by atoms with Gasteiger partial charge < -0.3 is 10.8 Å². The van der Waals surface area contributed by atoms with Crippen molar-refractivity contribution in [2.45, 2.75) is 32.4 Å². The minimum absolute atomic E-state index is 0.0926. The molecule has 3 nitrogen and oxygen atoms in total. The Morgan fingerprint density at radius 1 is 1.78 bits per heavy atom. The molecule has 3 N–H and O–H groups in total. The second-order valence-corrected chi connectivity index (χ2v) is 2.09. The SMILES string of the molecule is CCC(=O)[C@H](N)[C@H](C)O. The molecule has 0 amide bonds. The van der Waals surface area contributed by atoms with Crippen LogP contribution >= 0.6 is 0 Å². The monoisotopic (exact) mass is 131 g/mol. The van der Waals surface area contributed by atoms with E-state index in [4.69, 9.17) is 10.8 Å². The maximum atomic E-state index is 10.7. The van der Waals surface area contributed by atoms with Gasteiger partial charge in [-0.05, 0) is 6.92 Å². The van der Waals surface area contributed by atoms with Crippen LogP contribution in [0.5, 0.6) is 0 Å². The van der Waals surface area contributed by atoms with Crippen molar-refractivity contribution in [1.82, 2.24) is 0 Å². The number of Topliss-reactive ketones (excluding diaryl/α,β-unsaturated/α-hetero) is 1. The number of carbonyl (C=O) groups is 1. The number of hydrogen-bond donors (Lipinski definition) is 2. The van der Waals surface area contributed by atoms with Gasteiger partial charge in [-0.15, -0.1) is 0 Å². The predicted octanol–water partition coefficient (Wildman–Crippen LogP) is -0.326. The molecule has 0 heterocycles. The first-order chi connectivity index (χ1) is 4.09. The summed E-state index contributed by atoms with van der Waals surface area (Å²) in [6.45, 7) is 3.24. The quantitative estimate of drug-likeness (QED) is 0.551. The van der Waals surface area contributed by atoms with E-state index >= 15 is 0 Å². The Bertz CT molecular complexity index is 101. The fourth-order valence-electron chi connectivity index (χ4n) is 0.505. The van der Waals surface area contributed by atoms with Gasteiger partial charge >= 0.3 is 0 Å². The molecular formula is C6H13NO2. The number of aliphatic hydroxyl groups excluding tert-OH is 1. The molecule has 0 radical (unpaired) electrons. The Morgan fingerprint density at radius 2 is 2.22 bits per heavy atom. The molecule has 0 fully saturated rings. The molecular weight excluding hydrogens is 118 g/mol. The van der Waals surface area contributed by atoms with Gasteiger partial charge in [-0.25, -0.2) is 0 Å². The summed E-state index contributed by atoms with van der Waals surface area (Å²) in [5.41, 5.74) is 5.27. The van der Waals surface area contributed by atoms with Crippen LogP contribution in [0, 0.1) is 0 Å². The number of ketones is 1. The highest BCUT2D eigenvalue weighted by molar-refractivity contribution is 5.83. The van der Waals surface area contributed by atoms with E-state index in [2.05, 4.69) is 0 Å². The van der Waals surface area contributed by atoms with Crippen molar-refractivity contribution >= 4 is 5.78 Å². The summed E-state index contributed by atoms with van der Waals surface area (Å²) in [6.07, 6.45) is -0.330. The molecule has 0 aliphatic rings. The van der Waals surface area contributed by atoms with Gasteiger partial charge in [-0.1, -0.05) is 6.92 Å². The molecule has 0 spiro atoms. The predicted molar refractivity (Wildman–Crippen MR) is 35.0 cm³/mol. The van der Waals surface area contributed by atoms with E-state index in [1.54, 1.807) is 6.92 Å². The van der Waals surface area contributed by atoms with Crippen molar-refractivity contribution in [3.8, 4) is 0 Å². The summed E-state index contributed by atoms with van der Waals surface area (Å²) in [7, 11) is 0. The zero-order valence-corrected chi connectivity index (χ0v) is 5.79. The summed E-state index contributed by atoms with van der Waals surface area (Å²) >= 11 is 0. The van der Waals surface area contributed by atoms with E-state index in [0.29, 0.717) is 6.42 Å². The standard InChI is InChI=1S/C6H13NO2/c1-3-5(9)6(7)4(2)8/h4,6,8H,3,7H2,1-2H3/t4-,6+/m0/s1. The van der Waals surface area contributed by atoms with Crippen LogP contribution in [0.3, 0.4) is 0 Å². The number of nitrogens with two attached hydrogens (primary N) is 1. The summed E-state index contributed by atoms with van der Waals surface area (Å²) in [5, 5.41) is 8.78. The van der Waals surface area contributed by atoms with Crippen molar-refractivity contribution in [3.63, 3.8) is 0 Å². The lowest BCUT2D eigenvalue weighted by Gasteiger charge is -2.10. The summed E-state index contributed by atoms with van der Waals surface area (Å²) in [4.78, 5) is 10.7. The molecule has 0 unspecified atom stereocenters. The highest BCUT2D eigenvalue weighted by Gasteiger charge is 2.15. The highest BCUT2D eigenvalue weighted by Crippen LogP contribution is 1.92. The third kappa shape index (κ3) is 2.58. The van der Waals surface area contributed by atoms with Gasteiger partial charge in [0.25, 0.3) is 0 Å². The van der Waals surface area contributed by atoms with Crippen LogP contribution in [-0.4, -0.2) is 23.0 Å². The molecule has 0 bridgehead atoms. The molecule has 54 valence electrons. The van der Waals surface area contributed by atoms with E-state index in [9.17, 15) is 4.79 Å². The van der Waals surface area contributed by atoms with Crippen molar-refractivity contribution < 1.29 is 9.90 Å². The van der Waals surface area contributed by atoms with Gasteiger partial charge in [-0.3, -0.25) is 4.79 Å². The zero-order valence-electron chi connectivity index (χ0n) is 5.79. The van der Waals surface area contributed by atoms with Gasteiger partial charge in [0.05, 0.1) is 12.1 Å². The van der Waals surface area contributed by atoms with Gasteiger partial charge in [0, 0.05) is 6.42 Å². The Morgan fingerprint density at radius 3 is 2.33 bits per heavy atom. The van der Waals surface area contributed by atoms with Crippen LogP contribution in [0.4, 0.5) is 0 Å². The van der Waals surface area contributed by atoms with E-state index < -0.39 is 12.1 Å². The number of carbonyl (C=O) groups excluding carboxylic acids is 1. The fourth-order valence-corrected chi connectivity index (χ4v) is 0.505. The third-order valence-electron chi connectivity index (χ3n) is 1.24. The van der Waals surface area contributed by atoms with Crippen LogP contribution < -0.4 is 5.73 Å². The number of hydrogen-bond acceptors (Lipinski definition) is 3. The van der Waals surface area contributed by atoms with Crippen LogP contribution in [0.15, 0.2) is 0 Å². The normalized spacial score (nSPS) is 16.9. The molecule has 0 aromatic heterocycles. The molecule has 0 saturated carbocycles. The molecule has 2 atom stereocenters. The number of aliphatic hydroxyl groups is 1. The summed E-state index contributed by atoms with van der Waals surface area (Å²) in [5.74, 6) is -0.0926. The fraction of sp³-hybridized carbons (Fsp3) is 0.833. The van der Waals surface area contributed by atoms with Crippen molar-refractivity contribution in [1.29, 1.82) is 0 Å². The molecule has 0 saturated heterocycles. The smallest absolute Gasteiger partial charge is 0.151 e. The Hall–Kier alpha value is -0.410. The van der Waals surface area contributed by atoms with Crippen molar-refractivity contribution in [2.24, 2.45) is 5.73 Å². The lowest BCUT2D eigenvalue weighted by atomic mass is 10.1. The minimum atomic E-state index is -0.725. The largest absolute Gasteiger partial charge is 0.391 e. The molecule has 9 heavy (non-hydrogen) atoms. The van der Waals surface area contributed by atoms with Crippen LogP contribution in [0.1, 0.15) is 20.3 Å². The Balaban J connectivity index is 3.72. The van der Waals surface area contributed by atoms with E-state index in [0.717, 1.165) is 0 Å². The van der Waals surface area contributed by atoms with Crippen LogP contribution in [-0.2, 0) is 4.79 Å². The lowest BCUT2D eigenvalue weighted by Crippen LogP contribution is -2.39. The Labute approximate surface area is 54.9 Å². The van der Waals surface area contributed by atoms with Gasteiger partial charge in [0.1, 0.15) is 0 Å². The molecule has 0 rings (SSSR count). The van der Waals surface area contributed by atoms with Gasteiger partial charge in [0.15, 0.2) is 5.78 Å². The molecule has 0 aliphatic heterocycles. The highest BCUT2D eigenvalue weighted by atomic mass is 16.3. The first kappa shape index (κ1) is 8.59. The lowest BCUT2D eigenvalue weighted by molar-refractivity contribution is -0.122. The number of rotatable bonds is 3. The Kier molecular flexibility index (Phi) is 3.42. The molecule has 0 aromatic rings. The first-order valence-corrected chi connectivity index (χ1v) is 3.06. The topological polar surface area (TPSA) is 63.3 Å². The second kappa shape index (κ2) is 3.58. The maximum Gasteiger partial charge on any atom is 0.151 e. The van der Waals surface area contributed by atoms with Gasteiger partial charge in [0.2, 0.25) is 0 Å².